The summed E-state index contributed by atoms with van der Waals surface area (Å²) in [7, 11) is -3.17. The molecule has 2 aliphatic heterocycles. The molecule has 28 heavy (non-hydrogen) atoms. The molecule has 9 heteroatoms. The van der Waals surface area contributed by atoms with Crippen LogP contribution in [0.5, 0.6) is 0 Å². The number of thiophene rings is 1. The van der Waals surface area contributed by atoms with Crippen molar-refractivity contribution in [2.45, 2.75) is 25.2 Å². The third-order valence-electron chi connectivity index (χ3n) is 6.19. The van der Waals surface area contributed by atoms with Crippen LogP contribution in [-0.2, 0) is 19.6 Å². The van der Waals surface area contributed by atoms with Crippen LogP contribution in [-0.4, -0.2) is 79.9 Å². The molecule has 0 radical (unpaired) electrons. The van der Waals surface area contributed by atoms with Crippen molar-refractivity contribution in [3.8, 4) is 0 Å². The van der Waals surface area contributed by atoms with Crippen molar-refractivity contribution in [3.63, 3.8) is 0 Å². The molecule has 3 heterocycles. The van der Waals surface area contributed by atoms with Crippen molar-refractivity contribution in [2.75, 3.05) is 45.5 Å². The molecule has 7 nitrogen and oxygen atoms in total. The third kappa shape index (κ3) is 4.11. The minimum Gasteiger partial charge on any atom is -0.339 e. The molecule has 0 aromatic carbocycles. The van der Waals surface area contributed by atoms with Gasteiger partial charge in [-0.25, -0.2) is 12.7 Å². The lowest BCUT2D eigenvalue weighted by atomic mass is 9.96. The van der Waals surface area contributed by atoms with Gasteiger partial charge in [-0.2, -0.15) is 0 Å². The number of nitrogens with zero attached hydrogens (tertiary/aromatic N) is 3. The van der Waals surface area contributed by atoms with E-state index in [2.05, 4.69) is 11.4 Å². The van der Waals surface area contributed by atoms with Crippen molar-refractivity contribution >= 4 is 33.2 Å². The van der Waals surface area contributed by atoms with Gasteiger partial charge in [0.25, 0.3) is 0 Å². The minimum atomic E-state index is -3.17. The number of hydrogen-bond donors (Lipinski definition) is 0. The van der Waals surface area contributed by atoms with Crippen molar-refractivity contribution in [1.82, 2.24) is 14.1 Å². The Labute approximate surface area is 170 Å². The van der Waals surface area contributed by atoms with Crippen LogP contribution in [0.25, 0.3) is 0 Å². The Bertz CT molecular complexity index is 823. The van der Waals surface area contributed by atoms with E-state index >= 15 is 0 Å². The molecule has 154 valence electrons. The van der Waals surface area contributed by atoms with E-state index in [1.165, 1.54) is 15.4 Å². The van der Waals surface area contributed by atoms with Crippen LogP contribution < -0.4 is 0 Å². The lowest BCUT2D eigenvalue weighted by molar-refractivity contribution is -0.143. The van der Waals surface area contributed by atoms with Crippen LogP contribution in [0.15, 0.2) is 17.5 Å². The SMILES string of the molecule is CS(=O)(=O)N1CCC(C(=O)N2CCN(C(=O)[C@@H]3C[C@H]3c3cccs3)CC2)CC1. The second-order valence-corrected chi connectivity index (χ2v) is 11.0. The molecule has 1 aliphatic carbocycles. The molecule has 0 N–H and O–H groups in total. The maximum atomic E-state index is 12.8. The second-order valence-electron chi connectivity index (χ2n) is 8.05. The fraction of sp³-hybridized carbons (Fsp3) is 0.684. The minimum absolute atomic E-state index is 0.105. The van der Waals surface area contributed by atoms with E-state index in [0.717, 1.165) is 6.42 Å². The Kier molecular flexibility index (Phi) is 5.50. The summed E-state index contributed by atoms with van der Waals surface area (Å²) in [6.07, 6.45) is 3.32. The largest absolute Gasteiger partial charge is 0.339 e. The van der Waals surface area contributed by atoms with E-state index in [4.69, 9.17) is 0 Å². The predicted octanol–water partition coefficient (Wildman–Crippen LogP) is 1.19. The van der Waals surface area contributed by atoms with Gasteiger partial charge in [0.05, 0.1) is 6.26 Å². The standard InChI is InChI=1S/C19H27N3O4S2/c1-28(25,26)22-6-4-14(5-7-22)18(23)20-8-10-21(11-9-20)19(24)16-13-15(16)17-3-2-12-27-17/h2-3,12,14-16H,4-11,13H2,1H3/t15-,16-/m1/s1. The van der Waals surface area contributed by atoms with Gasteiger partial charge in [-0.1, -0.05) is 6.07 Å². The van der Waals surface area contributed by atoms with Crippen LogP contribution in [0.4, 0.5) is 0 Å². The van der Waals surface area contributed by atoms with E-state index in [0.29, 0.717) is 58.0 Å². The topological polar surface area (TPSA) is 78.0 Å². The average molecular weight is 426 g/mol. The zero-order chi connectivity index (χ0) is 19.9. The molecule has 3 aliphatic rings. The van der Waals surface area contributed by atoms with Crippen LogP contribution in [0.1, 0.15) is 30.1 Å². The monoisotopic (exact) mass is 425 g/mol. The second kappa shape index (κ2) is 7.76. The molecule has 1 aromatic rings. The highest BCUT2D eigenvalue weighted by atomic mass is 32.2. The maximum Gasteiger partial charge on any atom is 0.226 e. The Morgan fingerprint density at radius 1 is 1.00 bits per heavy atom. The first kappa shape index (κ1) is 19.8. The van der Waals surface area contributed by atoms with Gasteiger partial charge in [0.2, 0.25) is 21.8 Å². The van der Waals surface area contributed by atoms with Crippen LogP contribution in [0.2, 0.25) is 0 Å². The number of piperazine rings is 1. The fourth-order valence-corrected chi connectivity index (χ4v) is 6.14. The Hall–Kier alpha value is -1.45. The van der Waals surface area contributed by atoms with Gasteiger partial charge in [0.1, 0.15) is 0 Å². The Morgan fingerprint density at radius 3 is 2.14 bits per heavy atom. The van der Waals surface area contributed by atoms with Gasteiger partial charge in [-0.05, 0) is 30.7 Å². The molecule has 1 aromatic heterocycles. The zero-order valence-corrected chi connectivity index (χ0v) is 17.8. The predicted molar refractivity (Wildman–Crippen MR) is 107 cm³/mol. The summed E-state index contributed by atoms with van der Waals surface area (Å²) in [6.45, 7) is 3.18. The number of piperidine rings is 1. The number of carbonyl (C=O) groups is 2. The van der Waals surface area contributed by atoms with Crippen LogP contribution >= 0.6 is 11.3 Å². The van der Waals surface area contributed by atoms with Gasteiger partial charge >= 0.3 is 0 Å². The van der Waals surface area contributed by atoms with Gasteiger partial charge in [0.15, 0.2) is 0 Å². The number of sulfonamides is 1. The first-order valence-corrected chi connectivity index (χ1v) is 12.6. The summed E-state index contributed by atoms with van der Waals surface area (Å²) in [5.74, 6) is 0.732. The molecule has 0 unspecified atom stereocenters. The van der Waals surface area contributed by atoms with Gasteiger partial charge in [-0.3, -0.25) is 9.59 Å². The van der Waals surface area contributed by atoms with Crippen LogP contribution in [0.3, 0.4) is 0 Å². The Morgan fingerprint density at radius 2 is 1.61 bits per heavy atom. The highest BCUT2D eigenvalue weighted by molar-refractivity contribution is 7.88. The van der Waals surface area contributed by atoms with Crippen molar-refractivity contribution in [1.29, 1.82) is 0 Å². The summed E-state index contributed by atoms with van der Waals surface area (Å²) in [5.41, 5.74) is 0. The lowest BCUT2D eigenvalue weighted by Gasteiger charge is -2.38. The number of hydrogen-bond acceptors (Lipinski definition) is 5. The average Bonchev–Trinajstić information content (AvgIpc) is 3.31. The van der Waals surface area contributed by atoms with Gasteiger partial charge in [-0.15, -0.1) is 11.3 Å². The molecular weight excluding hydrogens is 398 g/mol. The fourth-order valence-electron chi connectivity index (χ4n) is 4.36. The molecule has 2 saturated heterocycles. The maximum absolute atomic E-state index is 12.8. The molecule has 0 spiro atoms. The Balaban J connectivity index is 1.24. The number of rotatable bonds is 4. The smallest absolute Gasteiger partial charge is 0.226 e. The van der Waals surface area contributed by atoms with Crippen molar-refractivity contribution in [2.24, 2.45) is 11.8 Å². The normalized spacial score (nSPS) is 27.0. The summed E-state index contributed by atoms with van der Waals surface area (Å²) >= 11 is 1.72. The van der Waals surface area contributed by atoms with Gasteiger partial charge < -0.3 is 9.80 Å². The lowest BCUT2D eigenvalue weighted by Crippen LogP contribution is -2.53. The third-order valence-corrected chi connectivity index (χ3v) is 8.50. The van der Waals surface area contributed by atoms with E-state index in [1.807, 2.05) is 15.9 Å². The van der Waals surface area contributed by atoms with E-state index in [-0.39, 0.29) is 23.7 Å². The van der Waals surface area contributed by atoms with Crippen LogP contribution in [0, 0.1) is 11.8 Å². The highest BCUT2D eigenvalue weighted by Gasteiger charge is 2.46. The molecular formula is C19H27N3O4S2. The highest BCUT2D eigenvalue weighted by Crippen LogP contribution is 2.50. The molecule has 2 atom stereocenters. The quantitative estimate of drug-likeness (QED) is 0.726. The molecule has 2 amide bonds. The van der Waals surface area contributed by atoms with Gasteiger partial charge in [0, 0.05) is 61.9 Å². The zero-order valence-electron chi connectivity index (χ0n) is 16.1. The van der Waals surface area contributed by atoms with Crippen molar-refractivity contribution < 1.29 is 18.0 Å². The summed E-state index contributed by atoms with van der Waals surface area (Å²) < 4.78 is 24.7. The molecule has 3 fully saturated rings. The summed E-state index contributed by atoms with van der Waals surface area (Å²) in [5, 5.41) is 2.06. The van der Waals surface area contributed by atoms with Crippen molar-refractivity contribution in [3.05, 3.63) is 22.4 Å². The number of carbonyl (C=O) groups excluding carboxylic acids is 2. The summed E-state index contributed by atoms with van der Waals surface area (Å²) in [6, 6.07) is 4.14. The molecule has 4 rings (SSSR count). The van der Waals surface area contributed by atoms with E-state index in [9.17, 15) is 18.0 Å². The summed E-state index contributed by atoms with van der Waals surface area (Å²) in [4.78, 5) is 30.6. The molecule has 1 saturated carbocycles. The molecule has 0 bridgehead atoms. The first-order chi connectivity index (χ1) is 13.3. The van der Waals surface area contributed by atoms with E-state index < -0.39 is 10.0 Å². The first-order valence-electron chi connectivity index (χ1n) is 9.90. The number of amides is 2. The van der Waals surface area contributed by atoms with E-state index in [1.54, 1.807) is 11.3 Å².